The molecule has 0 spiro atoms. The second-order valence-electron chi connectivity index (χ2n) is 6.13. The molecule has 0 atom stereocenters. The van der Waals surface area contributed by atoms with E-state index >= 15 is 0 Å². The van der Waals surface area contributed by atoms with Gasteiger partial charge < -0.3 is 0 Å². The lowest BCUT2D eigenvalue weighted by atomic mass is 10.2. The zero-order valence-corrected chi connectivity index (χ0v) is 15.1. The summed E-state index contributed by atoms with van der Waals surface area (Å²) in [4.78, 5) is 11.0. The van der Waals surface area contributed by atoms with E-state index in [1.807, 2.05) is 19.1 Å². The number of rotatable bonds is 3. The second kappa shape index (κ2) is 5.53. The summed E-state index contributed by atoms with van der Waals surface area (Å²) in [7, 11) is -3.69. The zero-order valence-electron chi connectivity index (χ0n) is 13.5. The summed E-state index contributed by atoms with van der Waals surface area (Å²) >= 11 is 1.64. The van der Waals surface area contributed by atoms with E-state index in [1.54, 1.807) is 24.3 Å². The van der Waals surface area contributed by atoms with E-state index in [1.165, 1.54) is 16.8 Å². The molecular weight excluding hydrogens is 342 g/mol. The average molecular weight is 359 g/mol. The monoisotopic (exact) mass is 359 g/mol. The molecular formula is C17H17N3O2S2. The smallest absolute Gasteiger partial charge is 0.263 e. The predicted molar refractivity (Wildman–Crippen MR) is 96.2 cm³/mol. The van der Waals surface area contributed by atoms with Crippen molar-refractivity contribution in [2.75, 3.05) is 4.72 Å². The standard InChI is InChI=1S/C17H17N3O2S2/c1-10-6-7-11(2)14(8-10)24(21,22)20-16-15-12-4-3-5-13(12)23-17(15)19-9-18-16/h6-9H,3-5H2,1-2H3,(H,18,19,20). The van der Waals surface area contributed by atoms with Crippen molar-refractivity contribution in [3.63, 3.8) is 0 Å². The Morgan fingerprint density at radius 1 is 1.17 bits per heavy atom. The van der Waals surface area contributed by atoms with Gasteiger partial charge in [-0.2, -0.15) is 0 Å². The number of nitrogens with one attached hydrogen (secondary N) is 1. The van der Waals surface area contributed by atoms with Gasteiger partial charge in [-0.05, 0) is 55.9 Å². The van der Waals surface area contributed by atoms with E-state index in [0.29, 0.717) is 16.3 Å². The molecule has 124 valence electrons. The van der Waals surface area contributed by atoms with Crippen LogP contribution in [0.15, 0.2) is 29.4 Å². The molecule has 1 aliphatic carbocycles. The summed E-state index contributed by atoms with van der Waals surface area (Å²) in [5.41, 5.74) is 2.83. The van der Waals surface area contributed by atoms with Gasteiger partial charge in [0.2, 0.25) is 0 Å². The molecule has 0 aliphatic heterocycles. The van der Waals surface area contributed by atoms with Gasteiger partial charge in [0.05, 0.1) is 10.3 Å². The first kappa shape index (κ1) is 15.5. The summed E-state index contributed by atoms with van der Waals surface area (Å²) in [6.07, 6.45) is 4.53. The quantitative estimate of drug-likeness (QED) is 0.775. The molecule has 7 heteroatoms. The van der Waals surface area contributed by atoms with Crippen molar-refractivity contribution in [2.45, 2.75) is 38.0 Å². The second-order valence-corrected chi connectivity index (χ2v) is 8.87. The minimum atomic E-state index is -3.69. The fourth-order valence-corrected chi connectivity index (χ4v) is 5.77. The van der Waals surface area contributed by atoms with E-state index in [0.717, 1.165) is 35.0 Å². The number of hydrogen-bond acceptors (Lipinski definition) is 5. The van der Waals surface area contributed by atoms with Crippen LogP contribution in [0.2, 0.25) is 0 Å². The van der Waals surface area contributed by atoms with Crippen LogP contribution in [0, 0.1) is 13.8 Å². The predicted octanol–water partition coefficient (Wildman–Crippen LogP) is 3.60. The van der Waals surface area contributed by atoms with Gasteiger partial charge in [0.1, 0.15) is 11.2 Å². The van der Waals surface area contributed by atoms with E-state index in [2.05, 4.69) is 14.7 Å². The highest BCUT2D eigenvalue weighted by Gasteiger charge is 2.24. The summed E-state index contributed by atoms with van der Waals surface area (Å²) in [5, 5.41) is 0.865. The van der Waals surface area contributed by atoms with Gasteiger partial charge in [0.25, 0.3) is 10.0 Å². The van der Waals surface area contributed by atoms with E-state index in [-0.39, 0.29) is 0 Å². The Balaban J connectivity index is 1.83. The number of benzene rings is 1. The molecule has 0 amide bonds. The zero-order chi connectivity index (χ0) is 16.9. The largest absolute Gasteiger partial charge is 0.263 e. The van der Waals surface area contributed by atoms with Crippen molar-refractivity contribution < 1.29 is 8.42 Å². The normalized spacial score (nSPS) is 14.1. The van der Waals surface area contributed by atoms with Crippen molar-refractivity contribution in [1.82, 2.24) is 9.97 Å². The SMILES string of the molecule is Cc1ccc(C)c(S(=O)(=O)Nc2ncnc3sc4c(c23)CCC4)c1. The van der Waals surface area contributed by atoms with Crippen LogP contribution in [0.4, 0.5) is 5.82 Å². The third kappa shape index (κ3) is 2.48. The molecule has 3 aromatic rings. The highest BCUT2D eigenvalue weighted by atomic mass is 32.2. The van der Waals surface area contributed by atoms with Crippen LogP contribution in [0.5, 0.6) is 0 Å². The van der Waals surface area contributed by atoms with Crippen LogP contribution >= 0.6 is 11.3 Å². The van der Waals surface area contributed by atoms with Crippen LogP contribution in [-0.2, 0) is 22.9 Å². The van der Waals surface area contributed by atoms with Gasteiger partial charge in [-0.3, -0.25) is 4.72 Å². The number of fused-ring (bicyclic) bond motifs is 3. The van der Waals surface area contributed by atoms with Crippen molar-refractivity contribution >= 4 is 37.4 Å². The Hall–Kier alpha value is -1.99. The molecule has 0 saturated carbocycles. The van der Waals surface area contributed by atoms with Gasteiger partial charge in [-0.25, -0.2) is 18.4 Å². The minimum Gasteiger partial charge on any atom is -0.263 e. The number of aryl methyl sites for hydroxylation is 4. The number of thiophene rings is 1. The molecule has 1 aromatic carbocycles. The van der Waals surface area contributed by atoms with Gasteiger partial charge in [-0.1, -0.05) is 12.1 Å². The molecule has 0 saturated heterocycles. The number of aromatic nitrogens is 2. The molecule has 1 N–H and O–H groups in total. The minimum absolute atomic E-state index is 0.293. The molecule has 2 heterocycles. The van der Waals surface area contributed by atoms with Gasteiger partial charge >= 0.3 is 0 Å². The average Bonchev–Trinajstić information content (AvgIpc) is 3.10. The first-order chi connectivity index (χ1) is 11.5. The van der Waals surface area contributed by atoms with Gasteiger partial charge in [-0.15, -0.1) is 11.3 Å². The lowest BCUT2D eigenvalue weighted by Crippen LogP contribution is -2.15. The Morgan fingerprint density at radius 3 is 2.83 bits per heavy atom. The summed E-state index contributed by atoms with van der Waals surface area (Å²) in [6.45, 7) is 3.68. The maximum absolute atomic E-state index is 12.9. The lowest BCUT2D eigenvalue weighted by molar-refractivity contribution is 0.600. The van der Waals surface area contributed by atoms with Crippen molar-refractivity contribution in [3.05, 3.63) is 46.1 Å². The molecule has 0 fully saturated rings. The van der Waals surface area contributed by atoms with E-state index < -0.39 is 10.0 Å². The molecule has 24 heavy (non-hydrogen) atoms. The van der Waals surface area contributed by atoms with E-state index in [9.17, 15) is 8.42 Å². The van der Waals surface area contributed by atoms with Crippen molar-refractivity contribution in [2.24, 2.45) is 0 Å². The summed E-state index contributed by atoms with van der Waals surface area (Å²) < 4.78 is 28.4. The molecule has 5 nitrogen and oxygen atoms in total. The Kier molecular flexibility index (Phi) is 3.58. The molecule has 0 unspecified atom stereocenters. The first-order valence-corrected chi connectivity index (χ1v) is 10.1. The molecule has 0 radical (unpaired) electrons. The van der Waals surface area contributed by atoms with Crippen molar-refractivity contribution in [3.8, 4) is 0 Å². The molecule has 0 bridgehead atoms. The number of nitrogens with zero attached hydrogens (tertiary/aromatic N) is 2. The third-order valence-corrected chi connectivity index (χ3v) is 7.05. The lowest BCUT2D eigenvalue weighted by Gasteiger charge is -2.11. The topological polar surface area (TPSA) is 72.0 Å². The Bertz CT molecular complexity index is 1060. The van der Waals surface area contributed by atoms with Crippen molar-refractivity contribution in [1.29, 1.82) is 0 Å². The number of sulfonamides is 1. The van der Waals surface area contributed by atoms with Crippen LogP contribution in [-0.4, -0.2) is 18.4 Å². The third-order valence-electron chi connectivity index (χ3n) is 4.37. The number of hydrogen-bond donors (Lipinski definition) is 1. The molecule has 2 aromatic heterocycles. The highest BCUT2D eigenvalue weighted by Crippen LogP contribution is 2.39. The maximum Gasteiger partial charge on any atom is 0.263 e. The number of anilines is 1. The summed E-state index contributed by atoms with van der Waals surface area (Å²) in [5.74, 6) is 0.389. The Labute approximate surface area is 144 Å². The summed E-state index contributed by atoms with van der Waals surface area (Å²) in [6, 6.07) is 5.42. The maximum atomic E-state index is 12.9. The Morgan fingerprint density at radius 2 is 2.00 bits per heavy atom. The van der Waals surface area contributed by atoms with Gasteiger partial charge in [0.15, 0.2) is 5.82 Å². The van der Waals surface area contributed by atoms with Crippen LogP contribution in [0.25, 0.3) is 10.2 Å². The van der Waals surface area contributed by atoms with Crippen LogP contribution in [0.3, 0.4) is 0 Å². The molecule has 4 rings (SSSR count). The highest BCUT2D eigenvalue weighted by molar-refractivity contribution is 7.92. The van der Waals surface area contributed by atoms with E-state index in [4.69, 9.17) is 0 Å². The first-order valence-electron chi connectivity index (χ1n) is 7.81. The van der Waals surface area contributed by atoms with Crippen LogP contribution < -0.4 is 4.72 Å². The molecule has 1 aliphatic rings. The van der Waals surface area contributed by atoms with Crippen LogP contribution in [0.1, 0.15) is 28.0 Å². The van der Waals surface area contributed by atoms with Gasteiger partial charge in [0, 0.05) is 4.88 Å². The fraction of sp³-hybridized carbons (Fsp3) is 0.294. The fourth-order valence-electron chi connectivity index (χ4n) is 3.19.